The van der Waals surface area contributed by atoms with E-state index in [4.69, 9.17) is 4.52 Å². The molecule has 0 aliphatic carbocycles. The second-order valence-corrected chi connectivity index (χ2v) is 3.57. The van der Waals surface area contributed by atoms with Crippen molar-refractivity contribution in [1.29, 1.82) is 0 Å². The van der Waals surface area contributed by atoms with Gasteiger partial charge in [-0.25, -0.2) is 0 Å². The number of pyridine rings is 1. The van der Waals surface area contributed by atoms with Crippen LogP contribution < -0.4 is 10.9 Å². The van der Waals surface area contributed by atoms with Crippen LogP contribution in [0.5, 0.6) is 0 Å². The molecule has 1 N–H and O–H groups in total. The highest BCUT2D eigenvalue weighted by Crippen LogP contribution is 1.90. The monoisotopic (exact) mass is 234 g/mol. The molecule has 2 aromatic heterocycles. The van der Waals surface area contributed by atoms with E-state index in [-0.39, 0.29) is 5.56 Å². The average Bonchev–Trinajstić information content (AvgIpc) is 2.84. The summed E-state index contributed by atoms with van der Waals surface area (Å²) in [6, 6.07) is 5.14. The number of aromatic nitrogens is 3. The van der Waals surface area contributed by atoms with Crippen molar-refractivity contribution in [2.24, 2.45) is 0 Å². The molecule has 0 atom stereocenters. The van der Waals surface area contributed by atoms with Crippen LogP contribution in [-0.4, -0.2) is 27.8 Å². The molecule has 0 fully saturated rings. The molecule has 0 saturated carbocycles. The van der Waals surface area contributed by atoms with Gasteiger partial charge in [-0.2, -0.15) is 4.98 Å². The quantitative estimate of drug-likeness (QED) is 0.716. The molecule has 17 heavy (non-hydrogen) atoms. The van der Waals surface area contributed by atoms with Gasteiger partial charge in [-0.15, -0.1) is 0 Å². The molecule has 2 heterocycles. The zero-order valence-corrected chi connectivity index (χ0v) is 9.37. The van der Waals surface area contributed by atoms with Gasteiger partial charge < -0.3 is 14.4 Å². The van der Waals surface area contributed by atoms with Crippen LogP contribution >= 0.6 is 0 Å². The summed E-state index contributed by atoms with van der Waals surface area (Å²) < 4.78 is 6.53. The van der Waals surface area contributed by atoms with Crippen molar-refractivity contribution in [3.63, 3.8) is 0 Å². The molecule has 6 heteroatoms. The van der Waals surface area contributed by atoms with Crippen molar-refractivity contribution < 1.29 is 4.52 Å². The molecule has 2 rings (SSSR count). The third kappa shape index (κ3) is 3.53. The summed E-state index contributed by atoms with van der Waals surface area (Å²) in [5, 5.41) is 6.73. The zero-order chi connectivity index (χ0) is 11.9. The minimum absolute atomic E-state index is 0.0196. The van der Waals surface area contributed by atoms with E-state index in [1.54, 1.807) is 22.9 Å². The number of nitrogens with one attached hydrogen (secondary N) is 1. The van der Waals surface area contributed by atoms with E-state index >= 15 is 0 Å². The van der Waals surface area contributed by atoms with Crippen LogP contribution in [0, 0.1) is 0 Å². The van der Waals surface area contributed by atoms with Crippen molar-refractivity contribution in [2.75, 3.05) is 13.1 Å². The molecule has 0 aliphatic rings. The van der Waals surface area contributed by atoms with Crippen LogP contribution in [0.25, 0.3) is 0 Å². The van der Waals surface area contributed by atoms with Crippen LogP contribution in [0.4, 0.5) is 0 Å². The Labute approximate surface area is 98.3 Å². The lowest BCUT2D eigenvalue weighted by Crippen LogP contribution is -2.27. The van der Waals surface area contributed by atoms with Gasteiger partial charge in [0.25, 0.3) is 5.56 Å². The van der Waals surface area contributed by atoms with Crippen molar-refractivity contribution in [1.82, 2.24) is 20.0 Å². The van der Waals surface area contributed by atoms with Crippen molar-refractivity contribution in [3.8, 4) is 0 Å². The molecule has 0 aromatic carbocycles. The molecule has 0 aliphatic heterocycles. The van der Waals surface area contributed by atoms with E-state index in [1.807, 2.05) is 6.07 Å². The Bertz CT molecular complexity index is 492. The van der Waals surface area contributed by atoms with E-state index in [2.05, 4.69) is 15.5 Å². The summed E-state index contributed by atoms with van der Waals surface area (Å²) in [5.41, 5.74) is 0.0196. The van der Waals surface area contributed by atoms with Gasteiger partial charge in [-0.3, -0.25) is 4.79 Å². The highest BCUT2D eigenvalue weighted by Gasteiger charge is 1.98. The lowest BCUT2D eigenvalue weighted by atomic mass is 10.4. The number of hydrogen-bond donors (Lipinski definition) is 1. The summed E-state index contributed by atoms with van der Waals surface area (Å²) in [4.78, 5) is 15.3. The lowest BCUT2D eigenvalue weighted by molar-refractivity contribution is 0.374. The zero-order valence-electron chi connectivity index (χ0n) is 9.37. The molecular weight excluding hydrogens is 220 g/mol. The first-order valence-corrected chi connectivity index (χ1v) is 5.48. The van der Waals surface area contributed by atoms with Crippen molar-refractivity contribution in [2.45, 2.75) is 13.0 Å². The molecule has 0 saturated heterocycles. The van der Waals surface area contributed by atoms with Gasteiger partial charge in [0.2, 0.25) is 5.89 Å². The molecule has 6 nitrogen and oxygen atoms in total. The molecule has 0 amide bonds. The first-order chi connectivity index (χ1) is 8.36. The first-order valence-electron chi connectivity index (χ1n) is 5.48. The molecule has 90 valence electrons. The van der Waals surface area contributed by atoms with E-state index in [9.17, 15) is 4.79 Å². The van der Waals surface area contributed by atoms with Gasteiger partial charge >= 0.3 is 0 Å². The normalized spacial score (nSPS) is 10.6. The van der Waals surface area contributed by atoms with Crippen LogP contribution in [0.15, 0.2) is 40.0 Å². The lowest BCUT2D eigenvalue weighted by Gasteiger charge is -2.05. The largest absolute Gasteiger partial charge is 0.340 e. The second-order valence-electron chi connectivity index (χ2n) is 3.57. The van der Waals surface area contributed by atoms with E-state index in [1.165, 1.54) is 6.33 Å². The summed E-state index contributed by atoms with van der Waals surface area (Å²) in [6.07, 6.45) is 3.87. The van der Waals surface area contributed by atoms with Crippen LogP contribution in [0.3, 0.4) is 0 Å². The van der Waals surface area contributed by atoms with Crippen LogP contribution in [-0.2, 0) is 13.0 Å². The highest BCUT2D eigenvalue weighted by molar-refractivity contribution is 4.93. The summed E-state index contributed by atoms with van der Waals surface area (Å²) in [7, 11) is 0. The summed E-state index contributed by atoms with van der Waals surface area (Å²) >= 11 is 0. The maximum Gasteiger partial charge on any atom is 0.250 e. The first kappa shape index (κ1) is 11.5. The fraction of sp³-hybridized carbons (Fsp3) is 0.364. The van der Waals surface area contributed by atoms with Crippen LogP contribution in [0.1, 0.15) is 5.89 Å². The van der Waals surface area contributed by atoms with E-state index < -0.39 is 0 Å². The standard InChI is InChI=1S/C11H14N4O2/c16-11-3-1-2-7-15(11)8-6-12-5-4-10-13-9-14-17-10/h1-3,7,9,12H,4-6,8H2. The molecular formula is C11H14N4O2. The average molecular weight is 234 g/mol. The predicted molar refractivity (Wildman–Crippen MR) is 61.6 cm³/mol. The third-order valence-corrected chi connectivity index (χ3v) is 2.35. The molecule has 0 bridgehead atoms. The maximum atomic E-state index is 11.4. The summed E-state index contributed by atoms with van der Waals surface area (Å²) in [5.74, 6) is 0.620. The van der Waals surface area contributed by atoms with Gasteiger partial charge in [-0.05, 0) is 6.07 Å². The number of nitrogens with zero attached hydrogens (tertiary/aromatic N) is 3. The molecule has 0 unspecified atom stereocenters. The van der Waals surface area contributed by atoms with Gasteiger partial charge in [0.1, 0.15) is 0 Å². The predicted octanol–water partition coefficient (Wildman–Crippen LogP) is 0.0636. The Morgan fingerprint density at radius 3 is 3.06 bits per heavy atom. The molecule has 2 aromatic rings. The Morgan fingerprint density at radius 2 is 2.29 bits per heavy atom. The molecule has 0 spiro atoms. The second kappa shape index (κ2) is 5.95. The number of hydrogen-bond acceptors (Lipinski definition) is 5. The van der Waals surface area contributed by atoms with Gasteiger partial charge in [-0.1, -0.05) is 11.2 Å². The Morgan fingerprint density at radius 1 is 1.35 bits per heavy atom. The van der Waals surface area contributed by atoms with Crippen molar-refractivity contribution >= 4 is 0 Å². The van der Waals surface area contributed by atoms with Gasteiger partial charge in [0.05, 0.1) is 0 Å². The van der Waals surface area contributed by atoms with Crippen molar-refractivity contribution in [3.05, 3.63) is 47.0 Å². The van der Waals surface area contributed by atoms with E-state index in [0.29, 0.717) is 18.9 Å². The Kier molecular flexibility index (Phi) is 4.04. The minimum Gasteiger partial charge on any atom is -0.340 e. The van der Waals surface area contributed by atoms with Crippen LogP contribution in [0.2, 0.25) is 0 Å². The maximum absolute atomic E-state index is 11.4. The topological polar surface area (TPSA) is 73.0 Å². The third-order valence-electron chi connectivity index (χ3n) is 2.35. The Hall–Kier alpha value is -1.95. The summed E-state index contributed by atoms with van der Waals surface area (Å²) in [6.45, 7) is 2.14. The fourth-order valence-corrected chi connectivity index (χ4v) is 1.47. The van der Waals surface area contributed by atoms with Gasteiger partial charge in [0.15, 0.2) is 6.33 Å². The highest BCUT2D eigenvalue weighted by atomic mass is 16.5. The smallest absolute Gasteiger partial charge is 0.250 e. The SMILES string of the molecule is O=c1ccccn1CCNCCc1ncno1. The minimum atomic E-state index is 0.0196. The number of rotatable bonds is 6. The van der Waals surface area contributed by atoms with Gasteiger partial charge in [0, 0.05) is 38.3 Å². The molecule has 0 radical (unpaired) electrons. The Balaban J connectivity index is 1.67. The fourth-order valence-electron chi connectivity index (χ4n) is 1.47. The van der Waals surface area contributed by atoms with E-state index in [0.717, 1.165) is 13.1 Å².